The number of carboxylic acids is 1. The van der Waals surface area contributed by atoms with Crippen LogP contribution < -0.4 is 0 Å². The molecular weight excluding hydrogens is 657 g/mol. The molecule has 1 heterocycles. The number of hydrogen-bond acceptors (Lipinski definition) is 9. The maximum Gasteiger partial charge on any atom is 0.306 e. The molecule has 46 heavy (non-hydrogen) atoms. The van der Waals surface area contributed by atoms with Gasteiger partial charge in [-0.2, -0.15) is 47.0 Å². The van der Waals surface area contributed by atoms with Crippen molar-refractivity contribution in [2.45, 2.75) is 167 Å². The van der Waals surface area contributed by atoms with Crippen molar-refractivity contribution in [1.29, 1.82) is 0 Å². The minimum atomic E-state index is -0.992. The standard InChI is InChI=1S/C36H68O6S4/c1-3-5-17-25-43-31-45-27-19-13-9-7-11-15-23-36(41-30-33(42-36)29-40-35(39)22-21-34(37)38)24-16-12-8-10-14-20-28-46-32-44-26-18-6-4-2/h33H,3-32H2,1-2H3,(H,37,38). The van der Waals surface area contributed by atoms with Crippen LogP contribution in [0.25, 0.3) is 0 Å². The lowest BCUT2D eigenvalue weighted by Gasteiger charge is -2.28. The fraction of sp³-hybridized carbons (Fsp3) is 0.944. The number of hydrogen-bond donors (Lipinski definition) is 1. The van der Waals surface area contributed by atoms with Crippen LogP contribution in [0.15, 0.2) is 0 Å². The molecule has 1 unspecified atom stereocenters. The summed E-state index contributed by atoms with van der Waals surface area (Å²) in [5, 5.41) is 11.3. The van der Waals surface area contributed by atoms with Gasteiger partial charge in [-0.05, 0) is 61.5 Å². The van der Waals surface area contributed by atoms with E-state index in [-0.39, 0.29) is 25.6 Å². The van der Waals surface area contributed by atoms with E-state index in [1.165, 1.54) is 136 Å². The minimum absolute atomic E-state index is 0.110. The monoisotopic (exact) mass is 724 g/mol. The van der Waals surface area contributed by atoms with Gasteiger partial charge in [-0.1, -0.05) is 90.9 Å². The lowest BCUT2D eigenvalue weighted by Crippen LogP contribution is -2.32. The molecule has 0 aromatic carbocycles. The number of rotatable bonds is 35. The van der Waals surface area contributed by atoms with E-state index in [1.54, 1.807) is 0 Å². The Morgan fingerprint density at radius 3 is 1.54 bits per heavy atom. The van der Waals surface area contributed by atoms with Crippen molar-refractivity contribution in [1.82, 2.24) is 0 Å². The topological polar surface area (TPSA) is 82.1 Å². The van der Waals surface area contributed by atoms with Crippen molar-refractivity contribution in [3.8, 4) is 0 Å². The Hall–Kier alpha value is 0.260. The molecule has 10 heteroatoms. The molecule has 0 aliphatic carbocycles. The van der Waals surface area contributed by atoms with Gasteiger partial charge in [0.05, 0.1) is 19.4 Å². The summed E-state index contributed by atoms with van der Waals surface area (Å²) >= 11 is 8.38. The Morgan fingerprint density at radius 1 is 0.652 bits per heavy atom. The van der Waals surface area contributed by atoms with Crippen LogP contribution in [0.4, 0.5) is 0 Å². The second-order valence-electron chi connectivity index (χ2n) is 12.6. The van der Waals surface area contributed by atoms with Crippen LogP contribution in [0.1, 0.15) is 155 Å². The van der Waals surface area contributed by atoms with Gasteiger partial charge in [0.1, 0.15) is 12.7 Å². The van der Waals surface area contributed by atoms with Gasteiger partial charge in [0, 0.05) is 23.0 Å². The Bertz CT molecular complexity index is 682. The average molecular weight is 725 g/mol. The molecule has 6 nitrogen and oxygen atoms in total. The molecule has 0 saturated carbocycles. The number of ether oxygens (including phenoxy) is 3. The molecule has 1 atom stereocenters. The average Bonchev–Trinajstić information content (AvgIpc) is 3.46. The van der Waals surface area contributed by atoms with Gasteiger partial charge in [-0.25, -0.2) is 0 Å². The van der Waals surface area contributed by atoms with Crippen LogP contribution in [0.2, 0.25) is 0 Å². The smallest absolute Gasteiger partial charge is 0.306 e. The number of aliphatic carboxylic acids is 1. The van der Waals surface area contributed by atoms with Crippen molar-refractivity contribution < 1.29 is 28.9 Å². The molecule has 0 bridgehead atoms. The lowest BCUT2D eigenvalue weighted by atomic mass is 9.99. The third kappa shape index (κ3) is 27.1. The first-order chi connectivity index (χ1) is 22.5. The number of carbonyl (C=O) groups excluding carboxylic acids is 1. The van der Waals surface area contributed by atoms with Gasteiger partial charge in [0.2, 0.25) is 0 Å². The number of carbonyl (C=O) groups is 2. The van der Waals surface area contributed by atoms with E-state index >= 15 is 0 Å². The predicted octanol–water partition coefficient (Wildman–Crippen LogP) is 11.2. The first-order valence-electron chi connectivity index (χ1n) is 18.5. The van der Waals surface area contributed by atoms with E-state index in [2.05, 4.69) is 60.9 Å². The van der Waals surface area contributed by atoms with Crippen LogP contribution in [-0.2, 0) is 23.8 Å². The van der Waals surface area contributed by atoms with Gasteiger partial charge in [0.25, 0.3) is 0 Å². The molecule has 0 radical (unpaired) electrons. The highest BCUT2D eigenvalue weighted by molar-refractivity contribution is 8.16. The molecule has 0 spiro atoms. The third-order valence-electron chi connectivity index (χ3n) is 8.20. The molecular formula is C36H68O6S4. The molecule has 1 N–H and O–H groups in total. The fourth-order valence-corrected chi connectivity index (χ4v) is 9.89. The number of carboxylic acid groups (broad SMARTS) is 1. The molecule has 1 saturated heterocycles. The normalized spacial score (nSPS) is 15.8. The van der Waals surface area contributed by atoms with Crippen molar-refractivity contribution in [3.05, 3.63) is 0 Å². The SMILES string of the molecule is CCCCCSCSCCCCCCCCC1(CCCCCCCCSCSCCCCC)OCC(COC(=O)CCC(=O)O)O1. The summed E-state index contributed by atoms with van der Waals surface area (Å²) in [7, 11) is 0. The largest absolute Gasteiger partial charge is 0.481 e. The van der Waals surface area contributed by atoms with Crippen molar-refractivity contribution in [2.75, 3.05) is 46.4 Å². The van der Waals surface area contributed by atoms with Crippen LogP contribution in [-0.4, -0.2) is 75.3 Å². The Kier molecular flexibility index (Phi) is 31.3. The molecule has 0 amide bonds. The van der Waals surface area contributed by atoms with Crippen LogP contribution in [0.3, 0.4) is 0 Å². The predicted molar refractivity (Wildman–Crippen MR) is 205 cm³/mol. The molecule has 1 aliphatic rings. The third-order valence-corrected chi connectivity index (χ3v) is 13.2. The van der Waals surface area contributed by atoms with Gasteiger partial charge in [-0.15, -0.1) is 0 Å². The minimum Gasteiger partial charge on any atom is -0.481 e. The zero-order valence-electron chi connectivity index (χ0n) is 29.4. The Morgan fingerprint density at radius 2 is 1.09 bits per heavy atom. The molecule has 0 aromatic rings. The lowest BCUT2D eigenvalue weighted by molar-refractivity contribution is -0.186. The van der Waals surface area contributed by atoms with E-state index in [1.807, 2.05) is 0 Å². The van der Waals surface area contributed by atoms with Crippen LogP contribution in [0.5, 0.6) is 0 Å². The first-order valence-corrected chi connectivity index (χ1v) is 23.1. The number of thioether (sulfide) groups is 4. The molecule has 1 rings (SSSR count). The summed E-state index contributed by atoms with van der Waals surface area (Å²) in [6.07, 6.45) is 24.2. The summed E-state index contributed by atoms with van der Waals surface area (Å²) in [6, 6.07) is 0. The van der Waals surface area contributed by atoms with Gasteiger partial charge >= 0.3 is 11.9 Å². The first kappa shape index (κ1) is 44.3. The van der Waals surface area contributed by atoms with E-state index in [4.69, 9.17) is 19.3 Å². The Labute approximate surface area is 299 Å². The molecule has 1 fully saturated rings. The van der Waals surface area contributed by atoms with E-state index < -0.39 is 17.7 Å². The number of unbranched alkanes of at least 4 members (excludes halogenated alkanes) is 14. The zero-order chi connectivity index (χ0) is 33.4. The second-order valence-corrected chi connectivity index (χ2v) is 17.7. The molecule has 1 aliphatic heterocycles. The maximum atomic E-state index is 11.9. The summed E-state index contributed by atoms with van der Waals surface area (Å²) in [5.74, 6) is 3.13. The van der Waals surface area contributed by atoms with Crippen LogP contribution in [0, 0.1) is 0 Å². The summed E-state index contributed by atoms with van der Waals surface area (Å²) in [6.45, 7) is 5.08. The van der Waals surface area contributed by atoms with Crippen molar-refractivity contribution >= 4 is 59.0 Å². The zero-order valence-corrected chi connectivity index (χ0v) is 32.7. The summed E-state index contributed by atoms with van der Waals surface area (Å²) < 4.78 is 18.0. The Balaban J connectivity index is 2.24. The highest BCUT2D eigenvalue weighted by Gasteiger charge is 2.41. The van der Waals surface area contributed by atoms with Crippen molar-refractivity contribution in [2.24, 2.45) is 0 Å². The quantitative estimate of drug-likeness (QED) is 0.0387. The summed E-state index contributed by atoms with van der Waals surface area (Å²) in [5.41, 5.74) is 0. The maximum absolute atomic E-state index is 11.9. The van der Waals surface area contributed by atoms with E-state index in [9.17, 15) is 9.59 Å². The van der Waals surface area contributed by atoms with E-state index in [0.29, 0.717) is 6.61 Å². The summed E-state index contributed by atoms with van der Waals surface area (Å²) in [4.78, 5) is 22.7. The molecule has 0 aromatic heterocycles. The highest BCUT2D eigenvalue weighted by atomic mass is 32.2. The second kappa shape index (κ2) is 32.5. The van der Waals surface area contributed by atoms with Gasteiger partial charge < -0.3 is 19.3 Å². The van der Waals surface area contributed by atoms with Crippen molar-refractivity contribution in [3.63, 3.8) is 0 Å². The van der Waals surface area contributed by atoms with Gasteiger partial charge in [-0.3, -0.25) is 9.59 Å². The van der Waals surface area contributed by atoms with E-state index in [0.717, 1.165) is 25.7 Å². The molecule has 272 valence electrons. The van der Waals surface area contributed by atoms with Crippen LogP contribution >= 0.6 is 47.0 Å². The highest BCUT2D eigenvalue weighted by Crippen LogP contribution is 2.35. The number of esters is 1. The fourth-order valence-electron chi connectivity index (χ4n) is 5.43. The van der Waals surface area contributed by atoms with Gasteiger partial charge in [0.15, 0.2) is 5.79 Å².